The molecule has 0 radical (unpaired) electrons. The predicted molar refractivity (Wildman–Crippen MR) is 71.8 cm³/mol. The molecule has 1 rings (SSSR count). The summed E-state index contributed by atoms with van der Waals surface area (Å²) in [6, 6.07) is 0. The van der Waals surface area contributed by atoms with Crippen molar-refractivity contribution < 1.29 is 10.2 Å². The summed E-state index contributed by atoms with van der Waals surface area (Å²) >= 11 is 0. The first kappa shape index (κ1) is 14.7. The number of allylic oxidation sites excluding steroid dienone is 2. The molecule has 1 aliphatic carbocycles. The van der Waals surface area contributed by atoms with Gasteiger partial charge in [-0.05, 0) is 32.1 Å². The molecule has 0 aromatic carbocycles. The summed E-state index contributed by atoms with van der Waals surface area (Å²) in [4.78, 5) is 0. The van der Waals surface area contributed by atoms with Crippen LogP contribution in [0.2, 0.25) is 0 Å². The Morgan fingerprint density at radius 3 is 2.12 bits per heavy atom. The standard InChI is InChI=1S/C15H28O2/c1-5-15(17,6-2)13(3,4)14(12-16)10-8-7-9-11-14/h7-8,16-17H,5-6,9-12H2,1-4H3. The Kier molecular flexibility index (Phi) is 4.43. The molecule has 17 heavy (non-hydrogen) atoms. The van der Waals surface area contributed by atoms with E-state index in [2.05, 4.69) is 26.0 Å². The molecule has 100 valence electrons. The van der Waals surface area contributed by atoms with Crippen LogP contribution in [0.3, 0.4) is 0 Å². The van der Waals surface area contributed by atoms with E-state index < -0.39 is 5.60 Å². The summed E-state index contributed by atoms with van der Waals surface area (Å²) in [5.74, 6) is 0. The molecule has 0 saturated heterocycles. The van der Waals surface area contributed by atoms with E-state index in [0.717, 1.165) is 32.1 Å². The molecular formula is C15H28O2. The van der Waals surface area contributed by atoms with Gasteiger partial charge in [-0.1, -0.05) is 39.8 Å². The first-order valence-corrected chi connectivity index (χ1v) is 6.87. The van der Waals surface area contributed by atoms with Crippen molar-refractivity contribution in [1.29, 1.82) is 0 Å². The normalized spacial score (nSPS) is 26.2. The van der Waals surface area contributed by atoms with Crippen LogP contribution in [-0.4, -0.2) is 22.4 Å². The highest BCUT2D eigenvalue weighted by Gasteiger charge is 2.54. The summed E-state index contributed by atoms with van der Waals surface area (Å²) in [6.07, 6.45) is 8.67. The van der Waals surface area contributed by atoms with E-state index in [9.17, 15) is 10.2 Å². The quantitative estimate of drug-likeness (QED) is 0.724. The smallest absolute Gasteiger partial charge is 0.0699 e. The molecule has 0 aliphatic heterocycles. The number of hydrogen-bond acceptors (Lipinski definition) is 2. The molecule has 1 aliphatic rings. The van der Waals surface area contributed by atoms with Crippen molar-refractivity contribution in [3.63, 3.8) is 0 Å². The molecule has 2 heteroatoms. The summed E-state index contributed by atoms with van der Waals surface area (Å²) < 4.78 is 0. The van der Waals surface area contributed by atoms with E-state index in [-0.39, 0.29) is 17.4 Å². The van der Waals surface area contributed by atoms with E-state index in [1.807, 2.05) is 13.8 Å². The molecule has 0 spiro atoms. The van der Waals surface area contributed by atoms with E-state index in [0.29, 0.717) is 0 Å². The molecule has 0 amide bonds. The lowest BCUT2D eigenvalue weighted by atomic mass is 9.52. The Morgan fingerprint density at radius 2 is 1.76 bits per heavy atom. The first-order chi connectivity index (χ1) is 7.89. The lowest BCUT2D eigenvalue weighted by molar-refractivity contribution is -0.158. The predicted octanol–water partition coefficient (Wildman–Crippen LogP) is 3.28. The van der Waals surface area contributed by atoms with Gasteiger partial charge in [0.2, 0.25) is 0 Å². The lowest BCUT2D eigenvalue weighted by Gasteiger charge is -2.55. The van der Waals surface area contributed by atoms with Crippen molar-refractivity contribution in [2.75, 3.05) is 6.61 Å². The van der Waals surface area contributed by atoms with Gasteiger partial charge in [-0.3, -0.25) is 0 Å². The summed E-state index contributed by atoms with van der Waals surface area (Å²) in [5, 5.41) is 20.8. The molecule has 2 nitrogen and oxygen atoms in total. The fourth-order valence-corrected chi connectivity index (χ4v) is 3.42. The van der Waals surface area contributed by atoms with Gasteiger partial charge >= 0.3 is 0 Å². The van der Waals surface area contributed by atoms with Crippen LogP contribution in [0.5, 0.6) is 0 Å². The van der Waals surface area contributed by atoms with Crippen molar-refractivity contribution in [3.8, 4) is 0 Å². The second-order valence-electron chi connectivity index (χ2n) is 6.02. The van der Waals surface area contributed by atoms with Crippen LogP contribution < -0.4 is 0 Å². The molecule has 2 N–H and O–H groups in total. The second kappa shape index (κ2) is 5.11. The molecule has 0 aromatic heterocycles. The topological polar surface area (TPSA) is 40.5 Å². The Hall–Kier alpha value is -0.340. The minimum absolute atomic E-state index is 0.159. The van der Waals surface area contributed by atoms with Gasteiger partial charge in [0.15, 0.2) is 0 Å². The monoisotopic (exact) mass is 240 g/mol. The third kappa shape index (κ3) is 2.17. The van der Waals surface area contributed by atoms with E-state index in [4.69, 9.17) is 0 Å². The fraction of sp³-hybridized carbons (Fsp3) is 0.867. The summed E-state index contributed by atoms with van der Waals surface area (Å²) in [5.41, 5.74) is -1.15. The number of aliphatic hydroxyl groups excluding tert-OH is 1. The third-order valence-corrected chi connectivity index (χ3v) is 5.43. The van der Waals surface area contributed by atoms with Crippen LogP contribution in [0.1, 0.15) is 59.8 Å². The molecule has 0 aromatic rings. The van der Waals surface area contributed by atoms with Crippen LogP contribution in [0.4, 0.5) is 0 Å². The highest BCUT2D eigenvalue weighted by molar-refractivity contribution is 5.09. The van der Waals surface area contributed by atoms with E-state index >= 15 is 0 Å². The minimum Gasteiger partial charge on any atom is -0.396 e. The average Bonchev–Trinajstić information content (AvgIpc) is 2.38. The lowest BCUT2D eigenvalue weighted by Crippen LogP contribution is -2.56. The van der Waals surface area contributed by atoms with Crippen molar-refractivity contribution in [3.05, 3.63) is 12.2 Å². The minimum atomic E-state index is -0.694. The van der Waals surface area contributed by atoms with Gasteiger partial charge in [0.05, 0.1) is 5.60 Å². The summed E-state index contributed by atoms with van der Waals surface area (Å²) in [6.45, 7) is 8.47. The zero-order valence-electron chi connectivity index (χ0n) is 11.8. The van der Waals surface area contributed by atoms with Gasteiger partial charge < -0.3 is 10.2 Å². The molecule has 0 saturated carbocycles. The molecule has 0 heterocycles. The van der Waals surface area contributed by atoms with Crippen molar-refractivity contribution in [2.24, 2.45) is 10.8 Å². The number of aliphatic hydroxyl groups is 2. The highest BCUT2D eigenvalue weighted by atomic mass is 16.3. The maximum atomic E-state index is 10.9. The van der Waals surface area contributed by atoms with Gasteiger partial charge in [0, 0.05) is 17.4 Å². The SMILES string of the molecule is CCC(O)(CC)C(C)(C)C1(CO)CC=CCC1. The van der Waals surface area contributed by atoms with Crippen molar-refractivity contribution in [1.82, 2.24) is 0 Å². The average molecular weight is 240 g/mol. The third-order valence-electron chi connectivity index (χ3n) is 5.43. The van der Waals surface area contributed by atoms with Crippen LogP contribution in [0, 0.1) is 10.8 Å². The van der Waals surface area contributed by atoms with Crippen molar-refractivity contribution >= 4 is 0 Å². The number of rotatable bonds is 5. The first-order valence-electron chi connectivity index (χ1n) is 6.87. The zero-order chi connectivity index (χ0) is 13.2. The molecular weight excluding hydrogens is 212 g/mol. The van der Waals surface area contributed by atoms with Gasteiger partial charge in [-0.2, -0.15) is 0 Å². The zero-order valence-corrected chi connectivity index (χ0v) is 11.8. The number of hydrogen-bond donors (Lipinski definition) is 2. The highest BCUT2D eigenvalue weighted by Crippen LogP contribution is 2.55. The largest absolute Gasteiger partial charge is 0.396 e. The Morgan fingerprint density at radius 1 is 1.18 bits per heavy atom. The maximum absolute atomic E-state index is 10.9. The molecule has 1 unspecified atom stereocenters. The molecule has 1 atom stereocenters. The molecule has 0 fully saturated rings. The maximum Gasteiger partial charge on any atom is 0.0699 e. The Bertz CT molecular complexity index is 277. The van der Waals surface area contributed by atoms with Crippen LogP contribution >= 0.6 is 0 Å². The van der Waals surface area contributed by atoms with Gasteiger partial charge in [-0.25, -0.2) is 0 Å². The van der Waals surface area contributed by atoms with Crippen LogP contribution in [-0.2, 0) is 0 Å². The van der Waals surface area contributed by atoms with E-state index in [1.54, 1.807) is 0 Å². The van der Waals surface area contributed by atoms with Gasteiger partial charge in [-0.15, -0.1) is 0 Å². The molecule has 0 bridgehead atoms. The second-order valence-corrected chi connectivity index (χ2v) is 6.02. The fourth-order valence-electron chi connectivity index (χ4n) is 3.42. The van der Waals surface area contributed by atoms with Crippen LogP contribution in [0.25, 0.3) is 0 Å². The van der Waals surface area contributed by atoms with Crippen LogP contribution in [0.15, 0.2) is 12.2 Å². The Labute approximate surface area is 106 Å². The van der Waals surface area contributed by atoms with E-state index in [1.165, 1.54) is 0 Å². The van der Waals surface area contributed by atoms with Gasteiger partial charge in [0.25, 0.3) is 0 Å². The van der Waals surface area contributed by atoms with Gasteiger partial charge in [0.1, 0.15) is 0 Å². The summed E-state index contributed by atoms with van der Waals surface area (Å²) in [7, 11) is 0. The van der Waals surface area contributed by atoms with Crippen molar-refractivity contribution in [2.45, 2.75) is 65.4 Å². The Balaban J connectivity index is 3.12.